The number of hydrogen-bond acceptors (Lipinski definition) is 6. The van der Waals surface area contributed by atoms with E-state index >= 15 is 0 Å². The van der Waals surface area contributed by atoms with E-state index in [0.717, 1.165) is 12.8 Å². The zero-order chi connectivity index (χ0) is 14.1. The molecule has 4 N–H and O–H groups in total. The quantitative estimate of drug-likeness (QED) is 0.293. The third-order valence-corrected chi connectivity index (χ3v) is 3.28. The lowest BCUT2D eigenvalue weighted by atomic mass is 10.3. The lowest BCUT2D eigenvalue weighted by Gasteiger charge is -2.22. The number of rotatable bonds is 5. The van der Waals surface area contributed by atoms with Gasteiger partial charge in [-0.15, -0.1) is 5.10 Å². The van der Waals surface area contributed by atoms with Crippen molar-refractivity contribution in [3.8, 4) is 0 Å². The molecule has 0 amide bonds. The van der Waals surface area contributed by atoms with E-state index in [-0.39, 0.29) is 11.5 Å². The first-order chi connectivity index (χ1) is 9.69. The second-order valence-corrected chi connectivity index (χ2v) is 4.76. The summed E-state index contributed by atoms with van der Waals surface area (Å²) in [4.78, 5) is 13.6. The first-order valence-corrected chi connectivity index (χ1v) is 6.36. The molecule has 9 nitrogen and oxygen atoms in total. The Morgan fingerprint density at radius 1 is 1.60 bits per heavy atom. The third kappa shape index (κ3) is 2.29. The molecular formula is C11H15N7O2. The standard InChI is InChI=1S/C11H15N7O2/c12-8(16-20)5-6-17(7-1-2-7)10-4-3-9-13-14-11(19)18(9)15-10/h3-4,7,20H,1-2,5-6H2,(H2,12,16)(H,14,19). The normalized spacial score (nSPS) is 15.7. The van der Waals surface area contributed by atoms with Crippen LogP contribution in [0, 0.1) is 0 Å². The van der Waals surface area contributed by atoms with Crippen LogP contribution in [0.15, 0.2) is 22.1 Å². The first-order valence-electron chi connectivity index (χ1n) is 6.36. The summed E-state index contributed by atoms with van der Waals surface area (Å²) in [6.07, 6.45) is 2.60. The van der Waals surface area contributed by atoms with Crippen LogP contribution in [0.25, 0.3) is 5.65 Å². The van der Waals surface area contributed by atoms with Gasteiger partial charge in [-0.3, -0.25) is 0 Å². The van der Waals surface area contributed by atoms with Gasteiger partial charge in [0.1, 0.15) is 11.7 Å². The van der Waals surface area contributed by atoms with Crippen molar-refractivity contribution in [1.29, 1.82) is 0 Å². The minimum atomic E-state index is -0.367. The van der Waals surface area contributed by atoms with Crippen molar-refractivity contribution in [2.24, 2.45) is 10.9 Å². The number of aromatic amines is 1. The van der Waals surface area contributed by atoms with E-state index in [4.69, 9.17) is 10.9 Å². The molecule has 0 aromatic carbocycles. The van der Waals surface area contributed by atoms with Crippen LogP contribution in [0.4, 0.5) is 5.82 Å². The molecule has 1 fully saturated rings. The smallest absolute Gasteiger partial charge is 0.364 e. The summed E-state index contributed by atoms with van der Waals surface area (Å²) < 4.78 is 1.23. The Balaban J connectivity index is 1.88. The third-order valence-electron chi connectivity index (χ3n) is 3.28. The molecule has 9 heteroatoms. The minimum absolute atomic E-state index is 0.178. The second kappa shape index (κ2) is 4.83. The van der Waals surface area contributed by atoms with Gasteiger partial charge < -0.3 is 15.8 Å². The highest BCUT2D eigenvalue weighted by Crippen LogP contribution is 2.30. The molecular weight excluding hydrogens is 262 g/mol. The summed E-state index contributed by atoms with van der Waals surface area (Å²) >= 11 is 0. The number of nitrogens with one attached hydrogen (secondary N) is 1. The SMILES string of the molecule is NC(CCN(c1ccc2n[nH]c(=O)n2n1)C1CC1)=NO. The number of nitrogens with zero attached hydrogens (tertiary/aromatic N) is 5. The zero-order valence-corrected chi connectivity index (χ0v) is 10.7. The number of aromatic nitrogens is 4. The molecule has 0 aliphatic heterocycles. The van der Waals surface area contributed by atoms with E-state index < -0.39 is 0 Å². The number of hydrogen-bond donors (Lipinski definition) is 3. The lowest BCUT2D eigenvalue weighted by Crippen LogP contribution is -2.31. The van der Waals surface area contributed by atoms with Crippen molar-refractivity contribution in [2.45, 2.75) is 25.3 Å². The number of H-pyrrole nitrogens is 1. The molecule has 0 saturated heterocycles. The monoisotopic (exact) mass is 277 g/mol. The van der Waals surface area contributed by atoms with Crippen LogP contribution in [0.2, 0.25) is 0 Å². The Bertz CT molecular complexity index is 700. The Hall–Kier alpha value is -2.58. The maximum absolute atomic E-state index is 11.5. The van der Waals surface area contributed by atoms with Crippen LogP contribution >= 0.6 is 0 Å². The summed E-state index contributed by atoms with van der Waals surface area (Å²) in [6, 6.07) is 3.95. The molecule has 1 aliphatic carbocycles. The fourth-order valence-corrected chi connectivity index (χ4v) is 2.10. The molecule has 2 aromatic heterocycles. The molecule has 3 rings (SSSR count). The van der Waals surface area contributed by atoms with Gasteiger partial charge in [0.2, 0.25) is 0 Å². The molecule has 0 unspecified atom stereocenters. The number of oxime groups is 1. The van der Waals surface area contributed by atoms with Gasteiger partial charge in [-0.1, -0.05) is 5.16 Å². The van der Waals surface area contributed by atoms with E-state index in [1.807, 2.05) is 6.07 Å². The molecule has 106 valence electrons. The predicted octanol–water partition coefficient (Wildman–Crippen LogP) is -0.477. The van der Waals surface area contributed by atoms with Crippen LogP contribution in [0.5, 0.6) is 0 Å². The highest BCUT2D eigenvalue weighted by atomic mass is 16.4. The fraction of sp³-hybridized carbons (Fsp3) is 0.455. The number of nitrogens with two attached hydrogens (primary N) is 1. The average molecular weight is 277 g/mol. The molecule has 20 heavy (non-hydrogen) atoms. The lowest BCUT2D eigenvalue weighted by molar-refractivity contribution is 0.317. The Morgan fingerprint density at radius 2 is 2.40 bits per heavy atom. The molecule has 2 heterocycles. The van der Waals surface area contributed by atoms with Gasteiger partial charge in [-0.2, -0.15) is 9.61 Å². The van der Waals surface area contributed by atoms with Gasteiger partial charge >= 0.3 is 5.69 Å². The van der Waals surface area contributed by atoms with Gasteiger partial charge in [0.15, 0.2) is 5.65 Å². The number of fused-ring (bicyclic) bond motifs is 1. The van der Waals surface area contributed by atoms with Crippen molar-refractivity contribution in [1.82, 2.24) is 19.8 Å². The van der Waals surface area contributed by atoms with Crippen LogP contribution in [-0.4, -0.2) is 43.4 Å². The van der Waals surface area contributed by atoms with E-state index in [2.05, 4.69) is 25.4 Å². The summed E-state index contributed by atoms with van der Waals surface area (Å²) in [5.74, 6) is 0.867. The van der Waals surface area contributed by atoms with Crippen LogP contribution in [0.1, 0.15) is 19.3 Å². The second-order valence-electron chi connectivity index (χ2n) is 4.76. The summed E-state index contributed by atoms with van der Waals surface area (Å²) in [6.45, 7) is 0.589. The number of anilines is 1. The Labute approximate surface area is 113 Å². The van der Waals surface area contributed by atoms with Crippen molar-refractivity contribution < 1.29 is 5.21 Å². The van der Waals surface area contributed by atoms with Gasteiger partial charge in [0.05, 0.1) is 0 Å². The first kappa shape index (κ1) is 12.5. The zero-order valence-electron chi connectivity index (χ0n) is 10.7. The average Bonchev–Trinajstić information content (AvgIpc) is 3.24. The van der Waals surface area contributed by atoms with Crippen molar-refractivity contribution >= 4 is 17.3 Å². The molecule has 0 atom stereocenters. The molecule has 0 spiro atoms. The summed E-state index contributed by atoms with van der Waals surface area (Å²) in [7, 11) is 0. The van der Waals surface area contributed by atoms with Crippen LogP contribution in [-0.2, 0) is 0 Å². The van der Waals surface area contributed by atoms with E-state index in [1.165, 1.54) is 4.52 Å². The molecule has 0 radical (unpaired) electrons. The summed E-state index contributed by atoms with van der Waals surface area (Å²) in [5, 5.41) is 22.0. The summed E-state index contributed by atoms with van der Waals surface area (Å²) in [5.41, 5.74) is 5.61. The van der Waals surface area contributed by atoms with Crippen molar-refractivity contribution in [2.75, 3.05) is 11.4 Å². The Kier molecular flexibility index (Phi) is 3.01. The molecule has 1 saturated carbocycles. The van der Waals surface area contributed by atoms with Gasteiger partial charge in [-0.25, -0.2) is 9.89 Å². The van der Waals surface area contributed by atoms with Crippen LogP contribution < -0.4 is 16.3 Å². The van der Waals surface area contributed by atoms with Crippen LogP contribution in [0.3, 0.4) is 0 Å². The van der Waals surface area contributed by atoms with Crippen molar-refractivity contribution in [3.05, 3.63) is 22.6 Å². The van der Waals surface area contributed by atoms with E-state index in [0.29, 0.717) is 30.5 Å². The maximum atomic E-state index is 11.5. The molecule has 2 aromatic rings. The van der Waals surface area contributed by atoms with Crippen molar-refractivity contribution in [3.63, 3.8) is 0 Å². The minimum Gasteiger partial charge on any atom is -0.409 e. The topological polar surface area (TPSA) is 125 Å². The predicted molar refractivity (Wildman–Crippen MR) is 72.0 cm³/mol. The van der Waals surface area contributed by atoms with E-state index in [1.54, 1.807) is 6.07 Å². The highest BCUT2D eigenvalue weighted by Gasteiger charge is 2.30. The maximum Gasteiger partial charge on any atom is 0.364 e. The number of amidine groups is 1. The molecule has 1 aliphatic rings. The van der Waals surface area contributed by atoms with E-state index in [9.17, 15) is 4.79 Å². The van der Waals surface area contributed by atoms with Gasteiger partial charge in [-0.05, 0) is 25.0 Å². The highest BCUT2D eigenvalue weighted by molar-refractivity contribution is 5.80. The molecule has 0 bridgehead atoms. The van der Waals surface area contributed by atoms with Gasteiger partial charge in [0, 0.05) is 19.0 Å². The fourth-order valence-electron chi connectivity index (χ4n) is 2.10. The Morgan fingerprint density at radius 3 is 3.10 bits per heavy atom. The van der Waals surface area contributed by atoms with Gasteiger partial charge in [0.25, 0.3) is 0 Å². The largest absolute Gasteiger partial charge is 0.409 e.